The molecule has 2 aromatic heterocycles. The number of rotatable bonds is 3. The third-order valence-corrected chi connectivity index (χ3v) is 5.03. The predicted octanol–water partition coefficient (Wildman–Crippen LogP) is 2.21. The van der Waals surface area contributed by atoms with Crippen LogP contribution in [0, 0.1) is 6.92 Å². The molecule has 28 heavy (non-hydrogen) atoms. The zero-order chi connectivity index (χ0) is 19.8. The smallest absolute Gasteiger partial charge is 0.340 e. The highest BCUT2D eigenvalue weighted by Crippen LogP contribution is 2.29. The van der Waals surface area contributed by atoms with Gasteiger partial charge in [-0.25, -0.2) is 14.2 Å². The van der Waals surface area contributed by atoms with Crippen LogP contribution in [0.2, 0.25) is 0 Å². The molecule has 144 valence electrons. The number of hydrogen-bond acceptors (Lipinski definition) is 7. The number of ether oxygens (including phenoxy) is 1. The lowest BCUT2D eigenvalue weighted by atomic mass is 10.0. The van der Waals surface area contributed by atoms with Gasteiger partial charge in [0.15, 0.2) is 5.83 Å². The number of halogens is 1. The number of esters is 1. The summed E-state index contributed by atoms with van der Waals surface area (Å²) in [5.41, 5.74) is 10.1. The van der Waals surface area contributed by atoms with Crippen molar-refractivity contribution in [1.29, 1.82) is 0 Å². The highest BCUT2D eigenvalue weighted by molar-refractivity contribution is 6.11. The Labute approximate surface area is 161 Å². The molecule has 0 fully saturated rings. The first-order valence-corrected chi connectivity index (χ1v) is 8.97. The van der Waals surface area contributed by atoms with Crippen LogP contribution in [0.15, 0.2) is 35.3 Å². The molecule has 0 saturated carbocycles. The molecule has 0 atom stereocenters. The van der Waals surface area contributed by atoms with Gasteiger partial charge in [0.2, 0.25) is 0 Å². The van der Waals surface area contributed by atoms with Gasteiger partial charge in [-0.05, 0) is 30.2 Å². The van der Waals surface area contributed by atoms with Crippen molar-refractivity contribution >= 4 is 17.5 Å². The highest BCUT2D eigenvalue weighted by atomic mass is 19.1. The Hall–Kier alpha value is -3.29. The number of aryl methyl sites for hydroxylation is 1. The van der Waals surface area contributed by atoms with Gasteiger partial charge in [-0.1, -0.05) is 0 Å². The summed E-state index contributed by atoms with van der Waals surface area (Å²) in [5, 5.41) is 0. The van der Waals surface area contributed by atoms with Gasteiger partial charge in [-0.3, -0.25) is 9.98 Å². The first kappa shape index (κ1) is 18.1. The molecule has 2 aromatic rings. The van der Waals surface area contributed by atoms with Crippen molar-refractivity contribution in [3.63, 3.8) is 0 Å². The number of pyridine rings is 2. The first-order chi connectivity index (χ1) is 13.5. The highest BCUT2D eigenvalue weighted by Gasteiger charge is 2.27. The molecule has 0 bridgehead atoms. The maximum atomic E-state index is 14.0. The molecule has 2 N–H and O–H groups in total. The summed E-state index contributed by atoms with van der Waals surface area (Å²) in [5.74, 6) is -0.0837. The van der Waals surface area contributed by atoms with E-state index in [0.717, 1.165) is 41.8 Å². The zero-order valence-electron chi connectivity index (χ0n) is 15.7. The Kier molecular flexibility index (Phi) is 4.54. The minimum absolute atomic E-state index is 0.178. The second-order valence-corrected chi connectivity index (χ2v) is 6.79. The molecular formula is C20H20FN5O2. The van der Waals surface area contributed by atoms with Crippen molar-refractivity contribution in [3.05, 3.63) is 64.0 Å². The third-order valence-electron chi connectivity index (χ3n) is 5.03. The van der Waals surface area contributed by atoms with Crippen molar-refractivity contribution in [2.24, 2.45) is 10.7 Å². The standard InChI is InChI=1S/C20H20FN5O2/c1-11-5-14-17(10-28-20(14)27)25-19(11)26-4-3-16-13(9-26)6-12(8-24-16)18(23-2)15(21)7-22/h5-8H,3-4,9-10,22H2,1-2H3/b15-7+,23-18?. The number of aliphatic imine (C=N–C) groups is 1. The van der Waals surface area contributed by atoms with Crippen LogP contribution in [0.4, 0.5) is 10.2 Å². The van der Waals surface area contributed by atoms with Gasteiger partial charge in [0, 0.05) is 50.2 Å². The van der Waals surface area contributed by atoms with E-state index in [0.29, 0.717) is 23.4 Å². The SMILES string of the molecule is CN=C(/C(F)=C\N)c1cnc2c(c1)CN(c1nc3c(cc1C)C(=O)OC3)CC2. The van der Waals surface area contributed by atoms with E-state index in [2.05, 4.69) is 19.9 Å². The summed E-state index contributed by atoms with van der Waals surface area (Å²) in [6, 6.07) is 3.73. The van der Waals surface area contributed by atoms with E-state index in [1.165, 1.54) is 7.05 Å². The molecule has 2 aliphatic rings. The van der Waals surface area contributed by atoms with Crippen LogP contribution in [0.1, 0.15) is 38.4 Å². The molecular weight excluding hydrogens is 361 g/mol. The van der Waals surface area contributed by atoms with Gasteiger partial charge in [0.25, 0.3) is 0 Å². The molecule has 2 aliphatic heterocycles. The van der Waals surface area contributed by atoms with E-state index in [4.69, 9.17) is 10.5 Å². The lowest BCUT2D eigenvalue weighted by molar-refractivity contribution is 0.0533. The van der Waals surface area contributed by atoms with E-state index in [1.54, 1.807) is 6.20 Å². The molecule has 0 spiro atoms. The molecule has 0 aliphatic carbocycles. The molecule has 0 radical (unpaired) electrons. The van der Waals surface area contributed by atoms with E-state index in [-0.39, 0.29) is 18.3 Å². The van der Waals surface area contributed by atoms with Crippen LogP contribution < -0.4 is 10.6 Å². The van der Waals surface area contributed by atoms with Crippen LogP contribution >= 0.6 is 0 Å². The van der Waals surface area contributed by atoms with Gasteiger partial charge in [0.1, 0.15) is 18.1 Å². The van der Waals surface area contributed by atoms with E-state index in [9.17, 15) is 9.18 Å². The molecule has 7 nitrogen and oxygen atoms in total. The van der Waals surface area contributed by atoms with Gasteiger partial charge >= 0.3 is 5.97 Å². The summed E-state index contributed by atoms with van der Waals surface area (Å²) in [6.07, 6.45) is 3.27. The second-order valence-electron chi connectivity index (χ2n) is 6.79. The Morgan fingerprint density at radius 2 is 2.21 bits per heavy atom. The van der Waals surface area contributed by atoms with Crippen molar-refractivity contribution in [2.45, 2.75) is 26.5 Å². The monoisotopic (exact) mass is 381 g/mol. The summed E-state index contributed by atoms with van der Waals surface area (Å²) in [7, 11) is 1.52. The van der Waals surface area contributed by atoms with Crippen LogP contribution in [-0.2, 0) is 24.3 Å². The number of fused-ring (bicyclic) bond motifs is 2. The van der Waals surface area contributed by atoms with Crippen molar-refractivity contribution in [2.75, 3.05) is 18.5 Å². The normalized spacial score (nSPS) is 16.7. The molecule has 0 amide bonds. The summed E-state index contributed by atoms with van der Waals surface area (Å²) >= 11 is 0. The summed E-state index contributed by atoms with van der Waals surface area (Å²) in [4.78, 5) is 27.0. The number of allylic oxidation sites excluding steroid dienone is 1. The molecule has 0 unspecified atom stereocenters. The minimum atomic E-state index is -0.585. The maximum absolute atomic E-state index is 14.0. The Morgan fingerprint density at radius 3 is 2.96 bits per heavy atom. The molecule has 8 heteroatoms. The average Bonchev–Trinajstić information content (AvgIpc) is 3.07. The van der Waals surface area contributed by atoms with Crippen molar-refractivity contribution < 1.29 is 13.9 Å². The van der Waals surface area contributed by atoms with E-state index >= 15 is 0 Å². The van der Waals surface area contributed by atoms with Gasteiger partial charge in [-0.2, -0.15) is 0 Å². The zero-order valence-corrected chi connectivity index (χ0v) is 15.7. The quantitative estimate of drug-likeness (QED) is 0.647. The second kappa shape index (κ2) is 7.03. The number of carbonyl (C=O) groups is 1. The van der Waals surface area contributed by atoms with Crippen LogP contribution in [0.3, 0.4) is 0 Å². The third kappa shape index (κ3) is 3.00. The number of nitrogens with two attached hydrogens (primary N) is 1. The number of carbonyl (C=O) groups excluding carboxylic acids is 1. The number of hydrogen-bond donors (Lipinski definition) is 1. The van der Waals surface area contributed by atoms with Gasteiger partial charge in [-0.15, -0.1) is 0 Å². The Morgan fingerprint density at radius 1 is 1.39 bits per heavy atom. The number of anilines is 1. The van der Waals surface area contributed by atoms with Gasteiger partial charge < -0.3 is 15.4 Å². The van der Waals surface area contributed by atoms with E-state index in [1.807, 2.05) is 19.1 Å². The topological polar surface area (TPSA) is 93.7 Å². The fourth-order valence-corrected chi connectivity index (χ4v) is 3.65. The number of nitrogens with zero attached hydrogens (tertiary/aromatic N) is 4. The molecule has 4 rings (SSSR count). The summed E-state index contributed by atoms with van der Waals surface area (Å²) in [6.45, 7) is 3.48. The van der Waals surface area contributed by atoms with Crippen LogP contribution in [0.5, 0.6) is 0 Å². The molecule has 4 heterocycles. The maximum Gasteiger partial charge on any atom is 0.340 e. The van der Waals surface area contributed by atoms with Crippen molar-refractivity contribution in [3.8, 4) is 0 Å². The van der Waals surface area contributed by atoms with Crippen LogP contribution in [0.25, 0.3) is 0 Å². The van der Waals surface area contributed by atoms with E-state index < -0.39 is 5.83 Å². The summed E-state index contributed by atoms with van der Waals surface area (Å²) < 4.78 is 19.1. The first-order valence-electron chi connectivity index (χ1n) is 8.97. The predicted molar refractivity (Wildman–Crippen MR) is 103 cm³/mol. The number of cyclic esters (lactones) is 1. The van der Waals surface area contributed by atoms with Crippen molar-refractivity contribution in [1.82, 2.24) is 9.97 Å². The fourth-order valence-electron chi connectivity index (χ4n) is 3.65. The Balaban J connectivity index is 1.67. The van der Waals surface area contributed by atoms with Gasteiger partial charge in [0.05, 0.1) is 11.3 Å². The molecule has 0 aromatic carbocycles. The fraction of sp³-hybridized carbons (Fsp3) is 0.300. The average molecular weight is 381 g/mol. The largest absolute Gasteiger partial charge is 0.455 e. The lowest BCUT2D eigenvalue weighted by Gasteiger charge is -2.30. The Bertz CT molecular complexity index is 1030. The minimum Gasteiger partial charge on any atom is -0.455 e. The number of aromatic nitrogens is 2. The van der Waals surface area contributed by atoms with Crippen LogP contribution in [-0.4, -0.2) is 35.2 Å². The molecule has 0 saturated heterocycles. The lowest BCUT2D eigenvalue weighted by Crippen LogP contribution is -2.32.